The van der Waals surface area contributed by atoms with Crippen molar-refractivity contribution >= 4 is 17.7 Å². The molecule has 0 aromatic rings. The van der Waals surface area contributed by atoms with Gasteiger partial charge in [-0.05, 0) is 32.6 Å². The number of carbonyl (C=O) groups excluding carboxylic acids is 3. The quantitative estimate of drug-likeness (QED) is 0.847. The summed E-state index contributed by atoms with van der Waals surface area (Å²) in [5.74, 6) is -0.327. The minimum Gasteiger partial charge on any atom is -0.342 e. The average molecular weight is 323 g/mol. The molecule has 4 atom stereocenters. The Morgan fingerprint density at radius 3 is 2.61 bits per heavy atom. The van der Waals surface area contributed by atoms with Crippen LogP contribution < -0.4 is 5.32 Å². The zero-order chi connectivity index (χ0) is 17.1. The first-order valence-corrected chi connectivity index (χ1v) is 8.73. The number of nitrogens with one attached hydrogen (secondary N) is 1. The van der Waals surface area contributed by atoms with E-state index in [1.54, 1.807) is 4.90 Å². The third-order valence-corrected chi connectivity index (χ3v) is 5.30. The molecule has 0 spiro atoms. The van der Waals surface area contributed by atoms with Gasteiger partial charge in [-0.2, -0.15) is 0 Å². The molecule has 6 heteroatoms. The second kappa shape index (κ2) is 7.32. The highest BCUT2D eigenvalue weighted by Gasteiger charge is 2.40. The van der Waals surface area contributed by atoms with E-state index < -0.39 is 6.04 Å². The molecule has 2 aliphatic heterocycles. The summed E-state index contributed by atoms with van der Waals surface area (Å²) in [4.78, 5) is 40.7. The van der Waals surface area contributed by atoms with E-state index in [0.29, 0.717) is 6.54 Å². The van der Waals surface area contributed by atoms with Crippen LogP contribution in [0, 0.1) is 5.92 Å². The van der Waals surface area contributed by atoms with Gasteiger partial charge in [0.25, 0.3) is 0 Å². The van der Waals surface area contributed by atoms with Gasteiger partial charge in [0.05, 0.1) is 0 Å². The zero-order valence-corrected chi connectivity index (χ0v) is 14.7. The summed E-state index contributed by atoms with van der Waals surface area (Å²) in [6.45, 7) is 8.31. The van der Waals surface area contributed by atoms with Crippen LogP contribution in [-0.4, -0.2) is 58.7 Å². The van der Waals surface area contributed by atoms with E-state index in [9.17, 15) is 14.4 Å². The van der Waals surface area contributed by atoms with Crippen molar-refractivity contribution in [3.05, 3.63) is 0 Å². The van der Waals surface area contributed by atoms with Crippen molar-refractivity contribution in [2.45, 2.75) is 71.5 Å². The lowest BCUT2D eigenvalue weighted by molar-refractivity contribution is -0.143. The first kappa shape index (κ1) is 17.8. The van der Waals surface area contributed by atoms with Crippen molar-refractivity contribution in [3.63, 3.8) is 0 Å². The van der Waals surface area contributed by atoms with E-state index >= 15 is 0 Å². The van der Waals surface area contributed by atoms with Crippen LogP contribution >= 0.6 is 0 Å². The van der Waals surface area contributed by atoms with E-state index in [-0.39, 0.29) is 42.3 Å². The van der Waals surface area contributed by atoms with Gasteiger partial charge in [0.2, 0.25) is 17.7 Å². The molecule has 130 valence electrons. The van der Waals surface area contributed by atoms with Crippen LogP contribution in [0.15, 0.2) is 0 Å². The fourth-order valence-electron chi connectivity index (χ4n) is 3.52. The molecule has 2 saturated heterocycles. The lowest BCUT2D eigenvalue weighted by Crippen LogP contribution is -2.59. The molecule has 2 heterocycles. The minimum atomic E-state index is -0.635. The Hall–Kier alpha value is -1.59. The molecule has 0 aliphatic carbocycles. The van der Waals surface area contributed by atoms with Crippen LogP contribution in [0.25, 0.3) is 0 Å². The molecule has 2 fully saturated rings. The van der Waals surface area contributed by atoms with Gasteiger partial charge >= 0.3 is 0 Å². The Kier molecular flexibility index (Phi) is 5.65. The molecule has 0 aromatic carbocycles. The standard InChI is InChI=1S/C17H29N3O3/c1-5-11(2)16(22)18-15-10-19(13(4)21)9-8-14-7-6-12(3)20(14)17(15)23/h11-12,14-15H,5-10H2,1-4H3,(H,18,22)/t11-,12-,14-,15+/m1/s1. The Morgan fingerprint density at radius 2 is 2.00 bits per heavy atom. The average Bonchev–Trinajstić information content (AvgIpc) is 2.86. The minimum absolute atomic E-state index is 0.0393. The van der Waals surface area contributed by atoms with Gasteiger partial charge in [-0.15, -0.1) is 0 Å². The van der Waals surface area contributed by atoms with Crippen LogP contribution in [0.3, 0.4) is 0 Å². The van der Waals surface area contributed by atoms with E-state index in [1.807, 2.05) is 18.7 Å². The summed E-state index contributed by atoms with van der Waals surface area (Å²) < 4.78 is 0. The van der Waals surface area contributed by atoms with Crippen LogP contribution in [0.1, 0.15) is 53.4 Å². The predicted molar refractivity (Wildman–Crippen MR) is 87.6 cm³/mol. The molecule has 2 aliphatic rings. The Balaban J connectivity index is 2.21. The van der Waals surface area contributed by atoms with Crippen molar-refractivity contribution in [2.75, 3.05) is 13.1 Å². The number of hydrogen-bond acceptors (Lipinski definition) is 3. The largest absolute Gasteiger partial charge is 0.342 e. The van der Waals surface area contributed by atoms with Crippen LogP contribution in [0.2, 0.25) is 0 Å². The maximum Gasteiger partial charge on any atom is 0.247 e. The Morgan fingerprint density at radius 1 is 1.30 bits per heavy atom. The van der Waals surface area contributed by atoms with Gasteiger partial charge in [0.15, 0.2) is 0 Å². The number of rotatable bonds is 3. The molecule has 2 rings (SSSR count). The Bertz CT molecular complexity index is 480. The lowest BCUT2D eigenvalue weighted by Gasteiger charge is -2.38. The lowest BCUT2D eigenvalue weighted by atomic mass is 10.0. The molecule has 1 N–H and O–H groups in total. The number of fused-ring (bicyclic) bond motifs is 1. The highest BCUT2D eigenvalue weighted by atomic mass is 16.2. The number of hydrogen-bond donors (Lipinski definition) is 1. The van der Waals surface area contributed by atoms with Gasteiger partial charge in [0, 0.05) is 38.0 Å². The Labute approximate surface area is 138 Å². The zero-order valence-electron chi connectivity index (χ0n) is 14.7. The summed E-state index contributed by atoms with van der Waals surface area (Å²) in [6, 6.07) is -0.245. The summed E-state index contributed by atoms with van der Waals surface area (Å²) >= 11 is 0. The van der Waals surface area contributed by atoms with E-state index in [4.69, 9.17) is 0 Å². The molecule has 6 nitrogen and oxygen atoms in total. The molecular formula is C17H29N3O3. The summed E-state index contributed by atoms with van der Waals surface area (Å²) in [6.07, 6.45) is 3.51. The highest BCUT2D eigenvalue weighted by Crippen LogP contribution is 2.28. The SMILES string of the molecule is CC[C@@H](C)C(=O)N[C@H]1CN(C(C)=O)CC[C@H]2CC[C@@H](C)N2C1=O. The van der Waals surface area contributed by atoms with Gasteiger partial charge in [-0.1, -0.05) is 13.8 Å². The molecular weight excluding hydrogens is 294 g/mol. The number of amides is 3. The monoisotopic (exact) mass is 323 g/mol. The smallest absolute Gasteiger partial charge is 0.247 e. The predicted octanol–water partition coefficient (Wildman–Crippen LogP) is 1.15. The molecule has 0 unspecified atom stereocenters. The molecule has 23 heavy (non-hydrogen) atoms. The summed E-state index contributed by atoms with van der Waals surface area (Å²) in [5.41, 5.74) is 0. The highest BCUT2D eigenvalue weighted by molar-refractivity contribution is 5.89. The first-order chi connectivity index (χ1) is 10.8. The fourth-order valence-corrected chi connectivity index (χ4v) is 3.52. The van der Waals surface area contributed by atoms with E-state index in [2.05, 4.69) is 12.2 Å². The summed E-state index contributed by atoms with van der Waals surface area (Å²) in [5, 5.41) is 2.88. The van der Waals surface area contributed by atoms with Crippen LogP contribution in [0.5, 0.6) is 0 Å². The molecule has 0 radical (unpaired) electrons. The number of nitrogens with zero attached hydrogens (tertiary/aromatic N) is 2. The van der Waals surface area contributed by atoms with Gasteiger partial charge in [-0.3, -0.25) is 14.4 Å². The molecule has 0 bridgehead atoms. The van der Waals surface area contributed by atoms with Gasteiger partial charge in [0.1, 0.15) is 6.04 Å². The van der Waals surface area contributed by atoms with E-state index in [0.717, 1.165) is 25.7 Å². The topological polar surface area (TPSA) is 69.7 Å². The van der Waals surface area contributed by atoms with Crippen molar-refractivity contribution in [2.24, 2.45) is 5.92 Å². The maximum absolute atomic E-state index is 13.0. The second-order valence-electron chi connectivity index (χ2n) is 6.95. The first-order valence-electron chi connectivity index (χ1n) is 8.73. The second-order valence-corrected chi connectivity index (χ2v) is 6.95. The summed E-state index contributed by atoms with van der Waals surface area (Å²) in [7, 11) is 0. The van der Waals surface area contributed by atoms with Crippen molar-refractivity contribution < 1.29 is 14.4 Å². The third kappa shape index (κ3) is 3.85. The molecule has 0 saturated carbocycles. The maximum atomic E-state index is 13.0. The molecule has 0 aromatic heterocycles. The van der Waals surface area contributed by atoms with Gasteiger partial charge < -0.3 is 15.1 Å². The normalized spacial score (nSPS) is 29.6. The van der Waals surface area contributed by atoms with Crippen molar-refractivity contribution in [1.29, 1.82) is 0 Å². The third-order valence-electron chi connectivity index (χ3n) is 5.30. The van der Waals surface area contributed by atoms with E-state index in [1.165, 1.54) is 6.92 Å². The van der Waals surface area contributed by atoms with Crippen LogP contribution in [0.4, 0.5) is 0 Å². The molecule has 3 amide bonds. The number of carbonyl (C=O) groups is 3. The van der Waals surface area contributed by atoms with Crippen molar-refractivity contribution in [3.8, 4) is 0 Å². The van der Waals surface area contributed by atoms with Crippen LogP contribution in [-0.2, 0) is 14.4 Å². The van der Waals surface area contributed by atoms with Crippen molar-refractivity contribution in [1.82, 2.24) is 15.1 Å². The fraction of sp³-hybridized carbons (Fsp3) is 0.824. The van der Waals surface area contributed by atoms with Gasteiger partial charge in [-0.25, -0.2) is 0 Å².